The molecule has 0 saturated heterocycles. The molecule has 15 aromatic carbocycles. The zero-order chi connectivity index (χ0) is 79.4. The predicted molar refractivity (Wildman–Crippen MR) is 496 cm³/mol. The van der Waals surface area contributed by atoms with Crippen LogP contribution in [0, 0.1) is 19.1 Å². The van der Waals surface area contributed by atoms with Gasteiger partial charge in [-0.2, -0.15) is 0 Å². The van der Waals surface area contributed by atoms with Crippen molar-refractivity contribution in [2.24, 2.45) is 0 Å². The number of nitrogens with zero attached hydrogens (tertiary/aromatic N) is 6. The molecule has 0 amide bonds. The molecule has 12 heteroatoms. The van der Waals surface area contributed by atoms with E-state index in [9.17, 15) is 0 Å². The summed E-state index contributed by atoms with van der Waals surface area (Å²) in [5.74, 6) is 0.558. The third-order valence-corrected chi connectivity index (χ3v) is 21.3. The number of para-hydroxylation sites is 8. The molecule has 0 aliphatic rings. The average Bonchev–Trinajstić information content (AvgIpc) is 1.60. The van der Waals surface area contributed by atoms with Crippen LogP contribution >= 0.6 is 16.5 Å². The summed E-state index contributed by atoms with van der Waals surface area (Å²) in [6.45, 7) is 6.51. The van der Waals surface area contributed by atoms with Gasteiger partial charge in [0.15, 0.2) is 11.4 Å². The van der Waals surface area contributed by atoms with Gasteiger partial charge in [-0.3, -0.25) is 0 Å². The fourth-order valence-corrected chi connectivity index (χ4v) is 15.9. The largest absolute Gasteiger partial charge is 0.455 e. The van der Waals surface area contributed by atoms with Gasteiger partial charge in [0.2, 0.25) is 0 Å². The first kappa shape index (κ1) is 76.5. The number of aryl methyl sites for hydroxylation is 1. The third-order valence-electron chi connectivity index (χ3n) is 21.3. The molecule has 0 fully saturated rings. The fraction of sp³-hybridized carbons (Fsp3) is 0.0280. The minimum absolute atomic E-state index is 0. The molecule has 0 N–H and O–H groups in total. The van der Waals surface area contributed by atoms with E-state index in [4.69, 9.17) is 23.2 Å². The normalized spacial score (nSPS) is 11.2. The second-order valence-electron chi connectivity index (χ2n) is 29.1. The Labute approximate surface area is 705 Å². The van der Waals surface area contributed by atoms with Crippen LogP contribution in [0.25, 0.3) is 199 Å². The Kier molecular flexibility index (Phi) is 22.0. The zero-order valence-corrected chi connectivity index (χ0v) is 69.7. The molecular formula is C107H76IrN6O3P2-2. The molecule has 1 unspecified atom stereocenters. The Morgan fingerprint density at radius 2 is 0.748 bits per heavy atom. The Morgan fingerprint density at radius 1 is 0.319 bits per heavy atom. The van der Waals surface area contributed by atoms with E-state index in [0.717, 1.165) is 105 Å². The van der Waals surface area contributed by atoms with Gasteiger partial charge in [0.25, 0.3) is 0 Å². The van der Waals surface area contributed by atoms with Crippen molar-refractivity contribution in [2.75, 3.05) is 13.3 Å². The van der Waals surface area contributed by atoms with Crippen molar-refractivity contribution in [3.63, 3.8) is 0 Å². The molecule has 0 bridgehead atoms. The summed E-state index contributed by atoms with van der Waals surface area (Å²) in [5, 5.41) is 10.2. The molecular weight excluding hydrogens is 1670 g/mol. The van der Waals surface area contributed by atoms with Crippen molar-refractivity contribution in [1.29, 1.82) is 0 Å². The van der Waals surface area contributed by atoms with Crippen LogP contribution in [0.2, 0.25) is 0 Å². The average molecular weight is 1750 g/mol. The molecule has 23 rings (SSSR count). The first-order valence-corrected chi connectivity index (χ1v) is 43.1. The van der Waals surface area contributed by atoms with Gasteiger partial charge in [0.1, 0.15) is 39.1 Å². The molecule has 23 aromatic rings. The molecule has 8 aromatic heterocycles. The molecule has 8 heterocycles. The Bertz CT molecular complexity index is 7350. The van der Waals surface area contributed by atoms with Gasteiger partial charge in [-0.1, -0.05) is 238 Å². The van der Waals surface area contributed by atoms with Crippen molar-refractivity contribution in [2.45, 2.75) is 6.92 Å². The quantitative estimate of drug-likeness (QED) is 0.105. The number of hydrogen-bond donors (Lipinski definition) is 0. The molecule has 0 aliphatic heterocycles. The third kappa shape index (κ3) is 15.4. The monoisotopic (exact) mass is 1750 g/mol. The number of aromatic nitrogens is 6. The van der Waals surface area contributed by atoms with Crippen LogP contribution in [0.4, 0.5) is 0 Å². The Morgan fingerprint density at radius 3 is 1.29 bits per heavy atom. The molecule has 573 valence electrons. The predicted octanol–water partition coefficient (Wildman–Crippen LogP) is 29.3. The van der Waals surface area contributed by atoms with E-state index < -0.39 is 0 Å². The molecule has 0 saturated carbocycles. The maximum atomic E-state index is 6.59. The molecule has 9 nitrogen and oxygen atoms in total. The van der Waals surface area contributed by atoms with E-state index in [1.165, 1.54) is 82.8 Å². The van der Waals surface area contributed by atoms with Gasteiger partial charge in [0, 0.05) is 103 Å². The number of hydrogen-bond acceptors (Lipinski definition) is 7. The molecule has 1 atom stereocenters. The van der Waals surface area contributed by atoms with Crippen LogP contribution in [-0.2, 0) is 20.1 Å². The summed E-state index contributed by atoms with van der Waals surface area (Å²) in [6, 6.07) is 138. The summed E-state index contributed by atoms with van der Waals surface area (Å²) in [7, 11) is 3.02. The van der Waals surface area contributed by atoms with Crippen LogP contribution in [0.3, 0.4) is 0 Å². The first-order valence-electron chi connectivity index (χ1n) is 39.3. The van der Waals surface area contributed by atoms with Crippen LogP contribution in [0.15, 0.2) is 408 Å². The van der Waals surface area contributed by atoms with E-state index in [-0.39, 0.29) is 20.1 Å². The Balaban J connectivity index is 0.000000118. The summed E-state index contributed by atoms with van der Waals surface area (Å²) in [6.07, 6.45) is 3.73. The zero-order valence-electron chi connectivity index (χ0n) is 65.3. The van der Waals surface area contributed by atoms with E-state index in [1.54, 1.807) is 6.20 Å². The Hall–Kier alpha value is -13.8. The standard InChI is InChI=1S/C40H22N2O3.C36H24N2.C18H14N.C11H8N.C2H8P2.Ir/c1-2-10-23(11-3-1)24-20-21-34-31(22-24)36-39(45-34)35(29-16-8-14-27-25-12-4-6-18-32(25)43-37(27)29)41-40(42-36)30-17-9-15-28-26-13-5-7-19-33(26)44-38(28)30;1-3-11-27(12-4-1)37-33-17-9-7-15-29(33)31-23-25(19-21-35(31)37)26-20-22-36-32(24-26)30-16-8-10-18-34(30)38(36)28-13-5-2-6-14-28;1-14-12-18(16-10-6-3-7-11-16)19-13-17(14)15-8-4-2-5-9-15;1-2-6-10(7-3-1)11-8-4-5-9-12-11;1-4(2)3;/h1-22H;1-24H;2-10,12-13H,1H3;1-6,8-9H;3H2,1-2H3;/q;;2*-1;;. The minimum atomic E-state index is 0. The summed E-state index contributed by atoms with van der Waals surface area (Å²) >= 11 is 0. The van der Waals surface area contributed by atoms with E-state index >= 15 is 0 Å². The second-order valence-corrected chi connectivity index (χ2v) is 34.2. The van der Waals surface area contributed by atoms with Crippen LogP contribution < -0.4 is 0 Å². The van der Waals surface area contributed by atoms with Gasteiger partial charge in [0.05, 0.1) is 27.6 Å². The number of furan rings is 3. The summed E-state index contributed by atoms with van der Waals surface area (Å²) in [4.78, 5) is 19.2. The second kappa shape index (κ2) is 34.2. The maximum Gasteiger partial charge on any atom is 0.180 e. The van der Waals surface area contributed by atoms with E-state index in [2.05, 4.69) is 273 Å². The molecule has 119 heavy (non-hydrogen) atoms. The summed E-state index contributed by atoms with van der Waals surface area (Å²) in [5.41, 5.74) is 27.2. The van der Waals surface area contributed by atoms with Crippen LogP contribution in [0.5, 0.6) is 0 Å². The molecule has 0 aliphatic carbocycles. The first-order chi connectivity index (χ1) is 58.2. The van der Waals surface area contributed by atoms with Crippen molar-refractivity contribution >= 4 is 126 Å². The van der Waals surface area contributed by atoms with Gasteiger partial charge in [-0.15, -0.1) is 80.7 Å². The fourth-order valence-electron chi connectivity index (χ4n) is 15.9. The van der Waals surface area contributed by atoms with Crippen molar-refractivity contribution in [1.82, 2.24) is 29.1 Å². The molecule has 0 spiro atoms. The number of rotatable bonds is 9. The number of pyridine rings is 2. The van der Waals surface area contributed by atoms with Crippen molar-refractivity contribution < 1.29 is 33.4 Å². The SMILES string of the molecule is CP(C)P.Cc1cc(-c2[c-]cccc2)ncc1-c1ccccc1.[Ir].[c-]1ccccc1-c1ccccn1.c1ccc(-c2ccc3oc4c(-c5cccc6c5oc5ccccc56)nc(-c5cccc6c5oc5ccccc56)nc4c3c2)cc1.c1ccc(-n2c3ccccc3c3cc(-c4ccc5c(c4)c4ccccc4n5-c4ccccc4)ccc32)cc1. The summed E-state index contributed by atoms with van der Waals surface area (Å²) < 4.78 is 24.2. The van der Waals surface area contributed by atoms with Gasteiger partial charge < -0.3 is 32.4 Å². The maximum absolute atomic E-state index is 6.59. The van der Waals surface area contributed by atoms with E-state index in [0.29, 0.717) is 24.7 Å². The van der Waals surface area contributed by atoms with Crippen LogP contribution in [-0.4, -0.2) is 42.4 Å². The van der Waals surface area contributed by atoms with Crippen molar-refractivity contribution in [3.8, 4) is 89.9 Å². The number of fused-ring (bicyclic) bond motifs is 15. The molecule has 1 radical (unpaired) electrons. The van der Waals surface area contributed by atoms with E-state index in [1.807, 2.05) is 176 Å². The minimum Gasteiger partial charge on any atom is -0.455 e. The van der Waals surface area contributed by atoms with Crippen LogP contribution in [0.1, 0.15) is 5.56 Å². The number of benzene rings is 15. The van der Waals surface area contributed by atoms with Gasteiger partial charge >= 0.3 is 0 Å². The van der Waals surface area contributed by atoms with Gasteiger partial charge in [-0.25, -0.2) is 9.97 Å². The smallest absolute Gasteiger partial charge is 0.180 e. The van der Waals surface area contributed by atoms with Crippen molar-refractivity contribution in [3.05, 3.63) is 412 Å². The van der Waals surface area contributed by atoms with Gasteiger partial charge in [-0.05, 0) is 168 Å². The topological polar surface area (TPSA) is 101 Å².